The molecule has 1 unspecified atom stereocenters. The van der Waals surface area contributed by atoms with Gasteiger partial charge in [-0.05, 0) is 26.8 Å². The fourth-order valence-electron chi connectivity index (χ4n) is 1.34. The molecule has 3 nitrogen and oxygen atoms in total. The molecule has 0 spiro atoms. The van der Waals surface area contributed by atoms with Gasteiger partial charge in [-0.15, -0.1) is 6.58 Å². The van der Waals surface area contributed by atoms with Gasteiger partial charge in [0.1, 0.15) is 0 Å². The Hall–Kier alpha value is -1.22. The summed E-state index contributed by atoms with van der Waals surface area (Å²) in [5.41, 5.74) is 2.02. The molecule has 1 rings (SSSR count). The predicted octanol–water partition coefficient (Wildman–Crippen LogP) is 2.01. The lowest BCUT2D eigenvalue weighted by Gasteiger charge is -2.13. The average Bonchev–Trinajstić information content (AvgIpc) is 2.18. The second kappa shape index (κ2) is 5.50. The van der Waals surface area contributed by atoms with E-state index in [9.17, 15) is 0 Å². The highest BCUT2D eigenvalue weighted by atomic mass is 14.9. The molecular formula is C11H17N3. The molecular weight excluding hydrogens is 174 g/mol. The van der Waals surface area contributed by atoms with E-state index in [0.717, 1.165) is 24.4 Å². The molecule has 1 N–H and O–H groups in total. The maximum Gasteiger partial charge on any atom is 0.0782 e. The SMILES string of the molecule is C=CCCNC(C)c1nccnc1C. The summed E-state index contributed by atoms with van der Waals surface area (Å²) in [4.78, 5) is 8.51. The summed E-state index contributed by atoms with van der Waals surface area (Å²) in [7, 11) is 0. The van der Waals surface area contributed by atoms with Crippen LogP contribution in [0, 0.1) is 6.92 Å². The minimum absolute atomic E-state index is 0.253. The minimum Gasteiger partial charge on any atom is -0.308 e. The van der Waals surface area contributed by atoms with Gasteiger partial charge in [0.15, 0.2) is 0 Å². The van der Waals surface area contributed by atoms with Gasteiger partial charge >= 0.3 is 0 Å². The highest BCUT2D eigenvalue weighted by Crippen LogP contribution is 2.10. The largest absolute Gasteiger partial charge is 0.308 e. The van der Waals surface area contributed by atoms with Crippen molar-refractivity contribution in [3.8, 4) is 0 Å². The Morgan fingerprint density at radius 2 is 2.21 bits per heavy atom. The molecule has 0 aliphatic heterocycles. The minimum atomic E-state index is 0.253. The van der Waals surface area contributed by atoms with Crippen LogP contribution in [0.1, 0.15) is 30.8 Å². The van der Waals surface area contributed by atoms with Crippen LogP contribution in [0.4, 0.5) is 0 Å². The van der Waals surface area contributed by atoms with Crippen molar-refractivity contribution in [2.45, 2.75) is 26.3 Å². The fraction of sp³-hybridized carbons (Fsp3) is 0.455. The Balaban J connectivity index is 2.55. The van der Waals surface area contributed by atoms with Crippen molar-refractivity contribution in [3.63, 3.8) is 0 Å². The lowest BCUT2D eigenvalue weighted by atomic mass is 10.2. The number of nitrogens with one attached hydrogen (secondary N) is 1. The van der Waals surface area contributed by atoms with Crippen LogP contribution in [-0.2, 0) is 0 Å². The van der Waals surface area contributed by atoms with Crippen molar-refractivity contribution in [1.82, 2.24) is 15.3 Å². The van der Waals surface area contributed by atoms with E-state index in [1.54, 1.807) is 12.4 Å². The normalized spacial score (nSPS) is 12.4. The molecule has 0 aliphatic carbocycles. The second-order valence-electron chi connectivity index (χ2n) is 3.28. The number of rotatable bonds is 5. The van der Waals surface area contributed by atoms with Gasteiger partial charge < -0.3 is 5.32 Å². The maximum absolute atomic E-state index is 4.31. The van der Waals surface area contributed by atoms with E-state index >= 15 is 0 Å². The zero-order valence-corrected chi connectivity index (χ0v) is 8.83. The van der Waals surface area contributed by atoms with Crippen molar-refractivity contribution in [2.75, 3.05) is 6.54 Å². The Morgan fingerprint density at radius 1 is 1.50 bits per heavy atom. The van der Waals surface area contributed by atoms with E-state index in [1.807, 2.05) is 13.0 Å². The Labute approximate surface area is 85.3 Å². The first-order valence-electron chi connectivity index (χ1n) is 4.87. The molecule has 0 fully saturated rings. The Kier molecular flexibility index (Phi) is 4.26. The van der Waals surface area contributed by atoms with Gasteiger partial charge in [0.25, 0.3) is 0 Å². The number of hydrogen-bond donors (Lipinski definition) is 1. The summed E-state index contributed by atoms with van der Waals surface area (Å²) < 4.78 is 0. The number of nitrogens with zero attached hydrogens (tertiary/aromatic N) is 2. The summed E-state index contributed by atoms with van der Waals surface area (Å²) in [5.74, 6) is 0. The van der Waals surface area contributed by atoms with E-state index in [0.29, 0.717) is 0 Å². The molecule has 76 valence electrons. The molecule has 3 heteroatoms. The molecule has 1 aromatic rings. The average molecular weight is 191 g/mol. The van der Waals surface area contributed by atoms with Gasteiger partial charge in [0.05, 0.1) is 11.4 Å². The summed E-state index contributed by atoms with van der Waals surface area (Å²) >= 11 is 0. The zero-order chi connectivity index (χ0) is 10.4. The fourth-order valence-corrected chi connectivity index (χ4v) is 1.34. The first-order valence-corrected chi connectivity index (χ1v) is 4.87. The van der Waals surface area contributed by atoms with Crippen molar-refractivity contribution >= 4 is 0 Å². The summed E-state index contributed by atoms with van der Waals surface area (Å²) in [5, 5.41) is 3.37. The molecule has 0 amide bonds. The van der Waals surface area contributed by atoms with Gasteiger partial charge in [-0.1, -0.05) is 6.08 Å². The van der Waals surface area contributed by atoms with Crippen molar-refractivity contribution in [2.24, 2.45) is 0 Å². The van der Waals surface area contributed by atoms with Crippen LogP contribution in [0.25, 0.3) is 0 Å². The lowest BCUT2D eigenvalue weighted by molar-refractivity contribution is 0.562. The Morgan fingerprint density at radius 3 is 2.86 bits per heavy atom. The van der Waals surface area contributed by atoms with Crippen LogP contribution < -0.4 is 5.32 Å². The molecule has 1 aromatic heterocycles. The van der Waals surface area contributed by atoms with Gasteiger partial charge in [0, 0.05) is 18.4 Å². The summed E-state index contributed by atoms with van der Waals surface area (Å²) in [6.45, 7) is 8.69. The third kappa shape index (κ3) is 2.92. The molecule has 1 atom stereocenters. The summed E-state index contributed by atoms with van der Waals surface area (Å²) in [6, 6.07) is 0.253. The predicted molar refractivity (Wildman–Crippen MR) is 58.0 cm³/mol. The standard InChI is InChI=1S/C11H17N3/c1-4-5-6-12-9(2)11-10(3)13-7-8-14-11/h4,7-9,12H,1,5-6H2,2-3H3. The highest BCUT2D eigenvalue weighted by Gasteiger charge is 2.08. The molecule has 0 saturated carbocycles. The van der Waals surface area contributed by atoms with Crippen LogP contribution in [0.15, 0.2) is 25.0 Å². The highest BCUT2D eigenvalue weighted by molar-refractivity contribution is 5.12. The molecule has 1 heterocycles. The first kappa shape index (κ1) is 10.9. The Bertz CT molecular complexity index is 296. The van der Waals surface area contributed by atoms with Crippen molar-refractivity contribution in [3.05, 3.63) is 36.4 Å². The third-order valence-corrected chi connectivity index (χ3v) is 2.13. The smallest absolute Gasteiger partial charge is 0.0782 e. The number of hydrogen-bond acceptors (Lipinski definition) is 3. The first-order chi connectivity index (χ1) is 6.75. The van der Waals surface area contributed by atoms with Crippen LogP contribution in [0.3, 0.4) is 0 Å². The number of aryl methyl sites for hydroxylation is 1. The number of aromatic nitrogens is 2. The molecule has 0 aromatic carbocycles. The van der Waals surface area contributed by atoms with Crippen LogP contribution in [0.5, 0.6) is 0 Å². The zero-order valence-electron chi connectivity index (χ0n) is 8.83. The molecule has 0 aliphatic rings. The third-order valence-electron chi connectivity index (χ3n) is 2.13. The molecule has 0 radical (unpaired) electrons. The van der Waals surface area contributed by atoms with E-state index in [-0.39, 0.29) is 6.04 Å². The van der Waals surface area contributed by atoms with Crippen molar-refractivity contribution < 1.29 is 0 Å². The van der Waals surface area contributed by atoms with Crippen LogP contribution in [0.2, 0.25) is 0 Å². The van der Waals surface area contributed by atoms with Gasteiger partial charge in [0.2, 0.25) is 0 Å². The monoisotopic (exact) mass is 191 g/mol. The van der Waals surface area contributed by atoms with E-state index in [2.05, 4.69) is 28.8 Å². The molecule has 0 saturated heterocycles. The van der Waals surface area contributed by atoms with Crippen LogP contribution in [-0.4, -0.2) is 16.5 Å². The lowest BCUT2D eigenvalue weighted by Crippen LogP contribution is -2.21. The maximum atomic E-state index is 4.31. The van der Waals surface area contributed by atoms with Crippen molar-refractivity contribution in [1.29, 1.82) is 0 Å². The van der Waals surface area contributed by atoms with Gasteiger partial charge in [-0.2, -0.15) is 0 Å². The van der Waals surface area contributed by atoms with Crippen LogP contribution >= 0.6 is 0 Å². The van der Waals surface area contributed by atoms with E-state index < -0.39 is 0 Å². The van der Waals surface area contributed by atoms with Gasteiger partial charge in [-0.25, -0.2) is 0 Å². The summed E-state index contributed by atoms with van der Waals surface area (Å²) in [6.07, 6.45) is 6.33. The topological polar surface area (TPSA) is 37.8 Å². The second-order valence-corrected chi connectivity index (χ2v) is 3.28. The van der Waals surface area contributed by atoms with Gasteiger partial charge in [-0.3, -0.25) is 9.97 Å². The molecule has 0 bridgehead atoms. The molecule has 14 heavy (non-hydrogen) atoms. The quantitative estimate of drug-likeness (QED) is 0.571. The van der Waals surface area contributed by atoms with E-state index in [4.69, 9.17) is 0 Å². The van der Waals surface area contributed by atoms with E-state index in [1.165, 1.54) is 0 Å².